The predicted octanol–water partition coefficient (Wildman–Crippen LogP) is 3.78. The summed E-state index contributed by atoms with van der Waals surface area (Å²) in [5.41, 5.74) is 2.53. The molecule has 2 aromatic heterocycles. The number of hydrogen-bond donors (Lipinski definition) is 0. The van der Waals surface area contributed by atoms with Crippen molar-refractivity contribution in [3.8, 4) is 6.07 Å². The molecular weight excluding hydrogens is 418 g/mol. The highest BCUT2D eigenvalue weighted by molar-refractivity contribution is 7.85. The highest BCUT2D eigenvalue weighted by Gasteiger charge is 2.08. The lowest BCUT2D eigenvalue weighted by Gasteiger charge is -2.04. The molecule has 0 aliphatic carbocycles. The lowest BCUT2D eigenvalue weighted by atomic mass is 10.2. The first kappa shape index (κ1) is 21.3. The van der Waals surface area contributed by atoms with Gasteiger partial charge in [0.15, 0.2) is 12.4 Å². The number of aryl methyl sites for hydroxylation is 1. The normalized spacial score (nSPS) is 11.4. The topological polar surface area (TPSA) is 97.8 Å². The van der Waals surface area contributed by atoms with Crippen molar-refractivity contribution in [3.63, 3.8) is 0 Å². The van der Waals surface area contributed by atoms with Crippen LogP contribution in [-0.2, 0) is 17.2 Å². The molecule has 8 heteroatoms. The van der Waals surface area contributed by atoms with Crippen LogP contribution in [0, 0.1) is 11.3 Å². The van der Waals surface area contributed by atoms with E-state index in [1.54, 1.807) is 17.4 Å². The standard InChI is InChI=1S/C16H12N3S.C6H6O3S/c1-19-8-6-12(7-9-19)10-13(11-17)16-18-14-4-2-3-5-15(14)20-16;7-10(8,9)6-4-2-1-3-5-6/h2-10H,1H3;1-5H,(H,7,8,9)/q+1;/p-1/b13-10+;. The number of pyridine rings is 1. The minimum absolute atomic E-state index is 0.185. The zero-order chi connectivity index (χ0) is 21.6. The number of aromatic nitrogens is 2. The van der Waals surface area contributed by atoms with Crippen molar-refractivity contribution in [2.45, 2.75) is 4.90 Å². The zero-order valence-corrected chi connectivity index (χ0v) is 17.6. The van der Waals surface area contributed by atoms with E-state index in [4.69, 9.17) is 0 Å². The molecule has 0 saturated carbocycles. The second kappa shape index (κ2) is 9.41. The zero-order valence-electron chi connectivity index (χ0n) is 16.0. The number of fused-ring (bicyclic) bond motifs is 1. The number of hydrogen-bond acceptors (Lipinski definition) is 6. The highest BCUT2D eigenvalue weighted by Crippen LogP contribution is 2.27. The first-order valence-corrected chi connectivity index (χ1v) is 11.0. The summed E-state index contributed by atoms with van der Waals surface area (Å²) in [7, 11) is -2.29. The second-order valence-electron chi connectivity index (χ2n) is 6.22. The lowest BCUT2D eigenvalue weighted by molar-refractivity contribution is -0.671. The smallest absolute Gasteiger partial charge is 0.169 e. The van der Waals surface area contributed by atoms with Crippen LogP contribution in [0.3, 0.4) is 0 Å². The molecule has 0 fully saturated rings. The van der Waals surface area contributed by atoms with Gasteiger partial charge in [0.1, 0.15) is 28.2 Å². The molecule has 4 aromatic rings. The van der Waals surface area contributed by atoms with Crippen LogP contribution in [0.4, 0.5) is 0 Å². The van der Waals surface area contributed by atoms with E-state index in [2.05, 4.69) is 11.1 Å². The third-order valence-corrected chi connectivity index (χ3v) is 5.91. The van der Waals surface area contributed by atoms with Gasteiger partial charge < -0.3 is 4.55 Å². The van der Waals surface area contributed by atoms with Crippen LogP contribution in [0.5, 0.6) is 0 Å². The Balaban J connectivity index is 0.000000216. The summed E-state index contributed by atoms with van der Waals surface area (Å²) in [6, 6.07) is 21.3. The van der Waals surface area contributed by atoms with Crippen molar-refractivity contribution >= 4 is 43.3 Å². The van der Waals surface area contributed by atoms with E-state index < -0.39 is 10.1 Å². The summed E-state index contributed by atoms with van der Waals surface area (Å²) in [4.78, 5) is 4.33. The molecule has 0 amide bonds. The maximum Gasteiger partial charge on any atom is 0.169 e. The molecule has 0 radical (unpaired) electrons. The molecule has 0 saturated heterocycles. The molecule has 0 atom stereocenters. The summed E-state index contributed by atoms with van der Waals surface area (Å²) in [6.45, 7) is 0. The van der Waals surface area contributed by atoms with Crippen LogP contribution in [0.2, 0.25) is 0 Å². The number of rotatable bonds is 3. The third-order valence-electron chi connectivity index (χ3n) is 3.99. The van der Waals surface area contributed by atoms with Gasteiger partial charge >= 0.3 is 0 Å². The maximum absolute atomic E-state index is 10.3. The van der Waals surface area contributed by atoms with E-state index in [-0.39, 0.29) is 4.90 Å². The van der Waals surface area contributed by atoms with Crippen LogP contribution in [0.25, 0.3) is 21.9 Å². The van der Waals surface area contributed by atoms with Crippen LogP contribution in [0.15, 0.2) is 84.0 Å². The van der Waals surface area contributed by atoms with Gasteiger partial charge in [-0.2, -0.15) is 5.26 Å². The average molecular weight is 436 g/mol. The van der Waals surface area contributed by atoms with Gasteiger partial charge in [0, 0.05) is 12.1 Å². The van der Waals surface area contributed by atoms with Gasteiger partial charge in [-0.1, -0.05) is 30.3 Å². The number of allylic oxidation sites excluding steroid dienone is 1. The summed E-state index contributed by atoms with van der Waals surface area (Å²) in [5.74, 6) is 0. The van der Waals surface area contributed by atoms with Crippen LogP contribution < -0.4 is 4.57 Å². The van der Waals surface area contributed by atoms with Crippen LogP contribution in [0.1, 0.15) is 10.6 Å². The molecule has 30 heavy (non-hydrogen) atoms. The summed E-state index contributed by atoms with van der Waals surface area (Å²) in [5, 5.41) is 10.1. The minimum Gasteiger partial charge on any atom is -0.744 e. The molecular formula is C22H17N3O3S2. The van der Waals surface area contributed by atoms with Crippen molar-refractivity contribution < 1.29 is 17.5 Å². The Hall–Kier alpha value is -3.38. The highest BCUT2D eigenvalue weighted by atomic mass is 32.2. The number of para-hydroxylation sites is 1. The Morgan fingerprint density at radius 3 is 2.27 bits per heavy atom. The quantitative estimate of drug-likeness (QED) is 0.277. The summed E-state index contributed by atoms with van der Waals surface area (Å²) >= 11 is 1.55. The monoisotopic (exact) mass is 435 g/mol. The minimum atomic E-state index is -4.25. The Morgan fingerprint density at radius 2 is 1.70 bits per heavy atom. The van der Waals surface area contributed by atoms with E-state index >= 15 is 0 Å². The number of benzene rings is 2. The molecule has 0 unspecified atom stereocenters. The second-order valence-corrected chi connectivity index (χ2v) is 8.63. The van der Waals surface area contributed by atoms with E-state index in [9.17, 15) is 18.2 Å². The number of nitrogens with zero attached hydrogens (tertiary/aromatic N) is 3. The Labute approximate surface area is 178 Å². The van der Waals surface area contributed by atoms with Gasteiger partial charge in [0.2, 0.25) is 0 Å². The molecule has 0 spiro atoms. The SMILES string of the molecule is C[n+]1ccc(/C=C(\C#N)c2nc3ccccc3s2)cc1.O=S(=O)([O-])c1ccccc1. The molecule has 4 rings (SSSR count). The third kappa shape index (κ3) is 5.58. The number of nitriles is 1. The lowest BCUT2D eigenvalue weighted by Crippen LogP contribution is -2.25. The molecule has 150 valence electrons. The average Bonchev–Trinajstić information content (AvgIpc) is 3.18. The fraction of sp³-hybridized carbons (Fsp3) is 0.0455. The molecule has 0 aliphatic rings. The Morgan fingerprint density at radius 1 is 1.07 bits per heavy atom. The molecule has 0 bridgehead atoms. The van der Waals surface area contributed by atoms with E-state index in [1.165, 1.54) is 24.3 Å². The number of thiazole rings is 1. The van der Waals surface area contributed by atoms with E-state index in [0.717, 1.165) is 20.8 Å². The van der Waals surface area contributed by atoms with Gasteiger partial charge in [0.05, 0.1) is 20.7 Å². The van der Waals surface area contributed by atoms with Crippen molar-refractivity contribution in [1.82, 2.24) is 4.98 Å². The molecule has 2 aromatic carbocycles. The van der Waals surface area contributed by atoms with Crippen molar-refractivity contribution in [1.29, 1.82) is 5.26 Å². The van der Waals surface area contributed by atoms with Crippen molar-refractivity contribution in [2.24, 2.45) is 7.05 Å². The van der Waals surface area contributed by atoms with Gasteiger partial charge in [-0.25, -0.2) is 18.0 Å². The summed E-state index contributed by atoms with van der Waals surface area (Å²) < 4.78 is 33.9. The van der Waals surface area contributed by atoms with Gasteiger partial charge in [-0.05, 0) is 35.9 Å². The maximum atomic E-state index is 10.3. The fourth-order valence-corrected chi connectivity index (χ4v) is 3.91. The van der Waals surface area contributed by atoms with E-state index in [0.29, 0.717) is 5.57 Å². The molecule has 0 N–H and O–H groups in total. The first-order chi connectivity index (χ1) is 14.4. The van der Waals surface area contributed by atoms with Crippen LogP contribution in [-0.4, -0.2) is 18.0 Å². The Bertz CT molecular complexity index is 1290. The van der Waals surface area contributed by atoms with E-state index in [1.807, 2.05) is 66.5 Å². The summed E-state index contributed by atoms with van der Waals surface area (Å²) in [6.07, 6.45) is 5.79. The largest absolute Gasteiger partial charge is 0.744 e. The van der Waals surface area contributed by atoms with Crippen molar-refractivity contribution in [3.05, 3.63) is 89.7 Å². The van der Waals surface area contributed by atoms with Crippen molar-refractivity contribution in [2.75, 3.05) is 0 Å². The molecule has 2 heterocycles. The fourth-order valence-electron chi connectivity index (χ4n) is 2.49. The van der Waals surface area contributed by atoms with Gasteiger partial charge in [-0.3, -0.25) is 0 Å². The first-order valence-electron chi connectivity index (χ1n) is 8.81. The van der Waals surface area contributed by atoms with Gasteiger partial charge in [0.25, 0.3) is 0 Å². The van der Waals surface area contributed by atoms with Gasteiger partial charge in [-0.15, -0.1) is 11.3 Å². The van der Waals surface area contributed by atoms with Crippen LogP contribution >= 0.6 is 11.3 Å². The Kier molecular flexibility index (Phi) is 6.69. The molecule has 0 aliphatic heterocycles. The predicted molar refractivity (Wildman–Crippen MR) is 115 cm³/mol. The molecule has 6 nitrogen and oxygen atoms in total.